The molecule has 0 radical (unpaired) electrons. The van der Waals surface area contributed by atoms with Crippen molar-refractivity contribution in [1.82, 2.24) is 20.1 Å². The van der Waals surface area contributed by atoms with Crippen LogP contribution in [-0.4, -0.2) is 20.1 Å². The van der Waals surface area contributed by atoms with E-state index in [0.29, 0.717) is 0 Å². The van der Waals surface area contributed by atoms with Crippen molar-refractivity contribution in [3.8, 4) is 22.3 Å². The van der Waals surface area contributed by atoms with Gasteiger partial charge >= 0.3 is 5.69 Å². The monoisotopic (exact) mass is 404 g/mol. The lowest BCUT2D eigenvalue weighted by atomic mass is 9.92. The molecule has 3 aromatic heterocycles. The van der Waals surface area contributed by atoms with E-state index in [1.807, 2.05) is 32.0 Å². The van der Waals surface area contributed by atoms with Gasteiger partial charge in [-0.2, -0.15) is 13.5 Å². The highest BCUT2D eigenvalue weighted by atomic mass is 32.1. The average Bonchev–Trinajstić information content (AvgIpc) is 3.22. The zero-order valence-corrected chi connectivity index (χ0v) is 17.3. The Kier molecular flexibility index (Phi) is 4.55. The van der Waals surface area contributed by atoms with E-state index in [4.69, 9.17) is 4.52 Å². The maximum absolute atomic E-state index is 12.1. The Morgan fingerprint density at radius 2 is 1.83 bits per heavy atom. The van der Waals surface area contributed by atoms with Crippen LogP contribution >= 0.6 is 13.5 Å². The summed E-state index contributed by atoms with van der Waals surface area (Å²) in [6.45, 7) is 5.88. The van der Waals surface area contributed by atoms with Gasteiger partial charge in [0.15, 0.2) is 0 Å². The Balaban J connectivity index is 0.00000205. The fraction of sp³-hybridized carbons (Fsp3) is 0.136. The summed E-state index contributed by atoms with van der Waals surface area (Å²) in [6.07, 6.45) is 1.79. The smallest absolute Gasteiger partial charge is 0.323 e. The molecule has 0 fully saturated rings. The first kappa shape index (κ1) is 19.0. The SMILES string of the molecule is Cc1ccc2ncccc2c1-c1cc(-c2c(C)noc2C)cc2[nH]c(=O)[nH]c12.S. The molecule has 2 aromatic carbocycles. The second-order valence-corrected chi connectivity index (χ2v) is 7.05. The number of nitrogens with zero attached hydrogens (tertiary/aromatic N) is 2. The number of H-pyrrole nitrogens is 2. The van der Waals surface area contributed by atoms with Crippen LogP contribution in [0, 0.1) is 20.8 Å². The molecule has 146 valence electrons. The molecular formula is C22H20N4O2S. The number of hydrogen-bond donors (Lipinski definition) is 2. The molecule has 5 aromatic rings. The molecule has 0 saturated heterocycles. The van der Waals surface area contributed by atoms with Gasteiger partial charge in [-0.3, -0.25) is 4.98 Å². The van der Waals surface area contributed by atoms with Crippen LogP contribution < -0.4 is 5.69 Å². The Bertz CT molecular complexity index is 1410. The van der Waals surface area contributed by atoms with E-state index in [1.165, 1.54) is 0 Å². The van der Waals surface area contributed by atoms with Crippen molar-refractivity contribution >= 4 is 35.4 Å². The molecule has 29 heavy (non-hydrogen) atoms. The number of aryl methyl sites for hydroxylation is 3. The number of pyridine rings is 1. The molecular weight excluding hydrogens is 384 g/mol. The third-order valence-corrected chi connectivity index (χ3v) is 5.21. The first-order chi connectivity index (χ1) is 13.5. The predicted octanol–water partition coefficient (Wildman–Crippen LogP) is 4.76. The van der Waals surface area contributed by atoms with Crippen LogP contribution in [0.3, 0.4) is 0 Å². The van der Waals surface area contributed by atoms with Crippen LogP contribution in [0.5, 0.6) is 0 Å². The van der Waals surface area contributed by atoms with E-state index < -0.39 is 0 Å². The molecule has 0 saturated carbocycles. The molecule has 2 N–H and O–H groups in total. The minimum Gasteiger partial charge on any atom is -0.361 e. The van der Waals surface area contributed by atoms with Gasteiger partial charge in [0.05, 0.1) is 22.2 Å². The first-order valence-corrected chi connectivity index (χ1v) is 9.07. The minimum atomic E-state index is -0.233. The van der Waals surface area contributed by atoms with Gasteiger partial charge < -0.3 is 14.5 Å². The van der Waals surface area contributed by atoms with Crippen LogP contribution in [0.25, 0.3) is 44.2 Å². The van der Waals surface area contributed by atoms with E-state index in [0.717, 1.165) is 61.2 Å². The van der Waals surface area contributed by atoms with Gasteiger partial charge in [0, 0.05) is 22.7 Å². The Labute approximate surface area is 173 Å². The van der Waals surface area contributed by atoms with Crippen molar-refractivity contribution in [2.45, 2.75) is 20.8 Å². The number of fused-ring (bicyclic) bond motifs is 2. The number of rotatable bonds is 2. The van der Waals surface area contributed by atoms with Crippen LogP contribution in [-0.2, 0) is 0 Å². The third kappa shape index (κ3) is 2.94. The zero-order valence-electron chi connectivity index (χ0n) is 16.3. The van der Waals surface area contributed by atoms with Gasteiger partial charge in [-0.15, -0.1) is 0 Å². The second-order valence-electron chi connectivity index (χ2n) is 7.05. The fourth-order valence-corrected chi connectivity index (χ4v) is 4.00. The molecule has 0 spiro atoms. The number of nitrogens with one attached hydrogen (secondary N) is 2. The number of aromatic amines is 2. The van der Waals surface area contributed by atoms with Crippen LogP contribution in [0.4, 0.5) is 0 Å². The van der Waals surface area contributed by atoms with Crippen molar-refractivity contribution in [3.05, 3.63) is 70.1 Å². The molecule has 0 bridgehead atoms. The van der Waals surface area contributed by atoms with Crippen LogP contribution in [0.15, 0.2) is 51.9 Å². The topological polar surface area (TPSA) is 87.6 Å². The maximum Gasteiger partial charge on any atom is 0.323 e. The summed E-state index contributed by atoms with van der Waals surface area (Å²) in [5, 5.41) is 5.13. The van der Waals surface area contributed by atoms with Gasteiger partial charge in [0.1, 0.15) is 5.76 Å². The molecule has 0 atom stereocenters. The first-order valence-electron chi connectivity index (χ1n) is 9.07. The highest BCUT2D eigenvalue weighted by molar-refractivity contribution is 7.59. The van der Waals surface area contributed by atoms with E-state index in [-0.39, 0.29) is 19.2 Å². The summed E-state index contributed by atoms with van der Waals surface area (Å²) >= 11 is 0. The Morgan fingerprint density at radius 3 is 2.59 bits per heavy atom. The number of hydrogen-bond acceptors (Lipinski definition) is 4. The summed E-state index contributed by atoms with van der Waals surface area (Å²) in [5.74, 6) is 0.747. The summed E-state index contributed by atoms with van der Waals surface area (Å²) in [5.41, 5.74) is 8.03. The molecule has 6 nitrogen and oxygen atoms in total. The number of aromatic nitrogens is 4. The molecule has 0 aliphatic carbocycles. The Hall–Kier alpha value is -3.32. The van der Waals surface area contributed by atoms with Crippen molar-refractivity contribution in [2.24, 2.45) is 0 Å². The summed E-state index contributed by atoms with van der Waals surface area (Å²) < 4.78 is 5.37. The van der Waals surface area contributed by atoms with Crippen molar-refractivity contribution in [1.29, 1.82) is 0 Å². The van der Waals surface area contributed by atoms with Crippen molar-refractivity contribution in [2.75, 3.05) is 0 Å². The van der Waals surface area contributed by atoms with E-state index in [1.54, 1.807) is 6.20 Å². The standard InChI is InChI=1S/C22H18N4O2.H2S/c1-11-6-7-17-15(5-4-8-23-17)19(11)16-9-14(20-12(2)26-28-13(20)3)10-18-21(16)25-22(27)24-18;/h4-10H,1-3H3,(H2,24,25,27);1H2. The molecule has 7 heteroatoms. The lowest BCUT2D eigenvalue weighted by Gasteiger charge is -2.13. The molecule has 0 aliphatic rings. The fourth-order valence-electron chi connectivity index (χ4n) is 4.00. The summed E-state index contributed by atoms with van der Waals surface area (Å²) in [4.78, 5) is 22.4. The lowest BCUT2D eigenvalue weighted by molar-refractivity contribution is 0.393. The molecule has 0 unspecified atom stereocenters. The normalized spacial score (nSPS) is 11.1. The highest BCUT2D eigenvalue weighted by Crippen LogP contribution is 2.38. The molecule has 5 rings (SSSR count). The van der Waals surface area contributed by atoms with Crippen molar-refractivity contribution < 1.29 is 4.52 Å². The number of imidazole rings is 1. The minimum absolute atomic E-state index is 0. The maximum atomic E-state index is 12.1. The van der Waals surface area contributed by atoms with Gasteiger partial charge in [0.2, 0.25) is 0 Å². The predicted molar refractivity (Wildman–Crippen MR) is 120 cm³/mol. The van der Waals surface area contributed by atoms with Gasteiger partial charge in [-0.25, -0.2) is 4.79 Å². The quantitative estimate of drug-likeness (QED) is 0.444. The largest absolute Gasteiger partial charge is 0.361 e. The van der Waals surface area contributed by atoms with Gasteiger partial charge in [0.25, 0.3) is 0 Å². The molecule has 3 heterocycles. The van der Waals surface area contributed by atoms with E-state index in [2.05, 4.69) is 45.2 Å². The van der Waals surface area contributed by atoms with E-state index >= 15 is 0 Å². The summed E-state index contributed by atoms with van der Waals surface area (Å²) in [7, 11) is 0. The van der Waals surface area contributed by atoms with Crippen LogP contribution in [0.1, 0.15) is 17.0 Å². The number of benzene rings is 2. The van der Waals surface area contributed by atoms with Gasteiger partial charge in [-0.1, -0.05) is 17.3 Å². The van der Waals surface area contributed by atoms with Crippen molar-refractivity contribution in [3.63, 3.8) is 0 Å². The molecule has 0 aliphatic heterocycles. The van der Waals surface area contributed by atoms with Crippen LogP contribution in [0.2, 0.25) is 0 Å². The summed E-state index contributed by atoms with van der Waals surface area (Å²) in [6, 6.07) is 12.1. The Morgan fingerprint density at radius 1 is 1.00 bits per heavy atom. The lowest BCUT2D eigenvalue weighted by Crippen LogP contribution is -1.99. The highest BCUT2D eigenvalue weighted by Gasteiger charge is 2.18. The third-order valence-electron chi connectivity index (χ3n) is 5.21. The average molecular weight is 404 g/mol. The zero-order chi connectivity index (χ0) is 19.4. The van der Waals surface area contributed by atoms with Gasteiger partial charge in [-0.05, 0) is 61.7 Å². The molecule has 0 amide bonds. The second kappa shape index (κ2) is 6.93. The van der Waals surface area contributed by atoms with E-state index in [9.17, 15) is 4.79 Å².